The third kappa shape index (κ3) is 6.48. The fourth-order valence-corrected chi connectivity index (χ4v) is 2.95. The van der Waals surface area contributed by atoms with Crippen LogP contribution in [-0.4, -0.2) is 73.7 Å². The fourth-order valence-electron chi connectivity index (χ4n) is 2.95. The lowest BCUT2D eigenvalue weighted by Gasteiger charge is -2.26. The molecule has 2 rings (SSSR count). The van der Waals surface area contributed by atoms with Gasteiger partial charge < -0.3 is 29.1 Å². The molecule has 0 fully saturated rings. The Morgan fingerprint density at radius 1 is 1.03 bits per heavy atom. The van der Waals surface area contributed by atoms with Crippen molar-refractivity contribution in [1.82, 2.24) is 15.0 Å². The van der Waals surface area contributed by atoms with Crippen LogP contribution in [-0.2, 0) is 4.79 Å². The normalized spacial score (nSPS) is 10.7. The molecular weight excluding hydrogens is 388 g/mol. The number of likely N-dealkylation sites (N-methyl/N-ethyl adjacent to an activating group) is 1. The summed E-state index contributed by atoms with van der Waals surface area (Å²) in [6, 6.07) is 6.58. The maximum absolute atomic E-state index is 13.2. The summed E-state index contributed by atoms with van der Waals surface area (Å²) in [5.41, 5.74) is 0.385. The quantitative estimate of drug-likeness (QED) is 0.598. The van der Waals surface area contributed by atoms with Gasteiger partial charge in [-0.15, -0.1) is 0 Å². The first-order valence-corrected chi connectivity index (χ1v) is 9.88. The Balaban J connectivity index is 2.20. The molecule has 0 unspecified atom stereocenters. The molecule has 0 bridgehead atoms. The highest BCUT2D eigenvalue weighted by atomic mass is 16.5. The molecule has 1 heterocycles. The number of nitrogens with zero attached hydrogens (tertiary/aromatic N) is 3. The van der Waals surface area contributed by atoms with Gasteiger partial charge in [-0.25, -0.2) is 0 Å². The Morgan fingerprint density at radius 2 is 1.67 bits per heavy atom. The third-order valence-corrected chi connectivity index (χ3v) is 4.70. The van der Waals surface area contributed by atoms with Crippen LogP contribution in [0.4, 0.5) is 5.82 Å². The van der Waals surface area contributed by atoms with Crippen LogP contribution in [0.25, 0.3) is 0 Å². The maximum atomic E-state index is 13.2. The summed E-state index contributed by atoms with van der Waals surface area (Å²) < 4.78 is 15.5. The average molecular weight is 418 g/mol. The van der Waals surface area contributed by atoms with Crippen molar-refractivity contribution in [1.29, 1.82) is 0 Å². The van der Waals surface area contributed by atoms with Crippen molar-refractivity contribution in [2.24, 2.45) is 0 Å². The van der Waals surface area contributed by atoms with E-state index in [1.54, 1.807) is 31.2 Å². The smallest absolute Gasteiger partial charge is 0.254 e. The highest BCUT2D eigenvalue weighted by molar-refractivity contribution is 5.99. The Labute approximate surface area is 176 Å². The number of carbonyl (C=O) groups is 2. The first-order valence-electron chi connectivity index (χ1n) is 9.88. The van der Waals surface area contributed by atoms with Gasteiger partial charge in [0.25, 0.3) is 5.91 Å². The van der Waals surface area contributed by atoms with Gasteiger partial charge in [-0.05, 0) is 32.1 Å². The molecule has 2 amide bonds. The van der Waals surface area contributed by atoms with E-state index in [2.05, 4.69) is 29.2 Å². The number of aryl methyl sites for hydroxylation is 1. The standard InChI is InChI=1S/C21H30N4O5/c1-6-24(7-2)8-9-25(14-20(26)22-19-10-15(3)30-23-19)21(27)16-11-17(28-4)13-18(12-16)29-5/h10-13H,6-9,14H2,1-5H3,(H,22,23,26). The Kier molecular flexibility index (Phi) is 8.67. The summed E-state index contributed by atoms with van der Waals surface area (Å²) in [5.74, 6) is 1.27. The van der Waals surface area contributed by atoms with Gasteiger partial charge in [0.1, 0.15) is 23.8 Å². The monoisotopic (exact) mass is 418 g/mol. The van der Waals surface area contributed by atoms with Crippen molar-refractivity contribution in [3.63, 3.8) is 0 Å². The van der Waals surface area contributed by atoms with Crippen molar-refractivity contribution in [2.75, 3.05) is 52.3 Å². The number of benzene rings is 1. The van der Waals surface area contributed by atoms with Gasteiger partial charge >= 0.3 is 0 Å². The minimum atomic E-state index is -0.356. The highest BCUT2D eigenvalue weighted by Gasteiger charge is 2.21. The molecule has 0 aliphatic carbocycles. The molecule has 1 N–H and O–H groups in total. The molecule has 9 nitrogen and oxygen atoms in total. The van der Waals surface area contributed by atoms with Crippen LogP contribution in [0, 0.1) is 6.92 Å². The zero-order chi connectivity index (χ0) is 22.1. The number of ether oxygens (including phenoxy) is 2. The minimum absolute atomic E-state index is 0.120. The number of carbonyl (C=O) groups excluding carboxylic acids is 2. The van der Waals surface area contributed by atoms with Crippen LogP contribution in [0.5, 0.6) is 11.5 Å². The molecule has 0 radical (unpaired) electrons. The highest BCUT2D eigenvalue weighted by Crippen LogP contribution is 2.23. The summed E-state index contributed by atoms with van der Waals surface area (Å²) in [4.78, 5) is 29.5. The van der Waals surface area contributed by atoms with E-state index < -0.39 is 0 Å². The van der Waals surface area contributed by atoms with E-state index in [-0.39, 0.29) is 18.4 Å². The van der Waals surface area contributed by atoms with Crippen LogP contribution in [0.15, 0.2) is 28.8 Å². The van der Waals surface area contributed by atoms with Gasteiger partial charge in [-0.1, -0.05) is 19.0 Å². The average Bonchev–Trinajstić information content (AvgIpc) is 3.16. The van der Waals surface area contributed by atoms with Gasteiger partial charge in [0.2, 0.25) is 5.91 Å². The Bertz CT molecular complexity index is 825. The predicted octanol–water partition coefficient (Wildman–Crippen LogP) is 2.42. The SMILES string of the molecule is CCN(CC)CCN(CC(=O)Nc1cc(C)on1)C(=O)c1cc(OC)cc(OC)c1. The fraction of sp³-hybridized carbons (Fsp3) is 0.476. The second-order valence-corrected chi connectivity index (χ2v) is 6.73. The van der Waals surface area contributed by atoms with E-state index in [9.17, 15) is 9.59 Å². The molecule has 1 aromatic heterocycles. The minimum Gasteiger partial charge on any atom is -0.497 e. The lowest BCUT2D eigenvalue weighted by atomic mass is 10.1. The van der Waals surface area contributed by atoms with Gasteiger partial charge in [0.05, 0.1) is 14.2 Å². The molecule has 0 saturated carbocycles. The van der Waals surface area contributed by atoms with Crippen LogP contribution in [0.2, 0.25) is 0 Å². The zero-order valence-corrected chi connectivity index (χ0v) is 18.2. The lowest BCUT2D eigenvalue weighted by Crippen LogP contribution is -2.42. The van der Waals surface area contributed by atoms with Crippen LogP contribution >= 0.6 is 0 Å². The van der Waals surface area contributed by atoms with Crippen molar-refractivity contribution in [2.45, 2.75) is 20.8 Å². The van der Waals surface area contributed by atoms with Crippen molar-refractivity contribution < 1.29 is 23.6 Å². The number of aromatic nitrogens is 1. The second kappa shape index (κ2) is 11.2. The first kappa shape index (κ1) is 23.2. The summed E-state index contributed by atoms with van der Waals surface area (Å²) in [5, 5.41) is 6.42. The molecule has 30 heavy (non-hydrogen) atoms. The maximum Gasteiger partial charge on any atom is 0.254 e. The van der Waals surface area contributed by atoms with E-state index in [1.165, 1.54) is 19.1 Å². The number of anilines is 1. The molecule has 2 aromatic rings. The van der Waals surface area contributed by atoms with E-state index in [0.717, 1.165) is 13.1 Å². The number of amides is 2. The summed E-state index contributed by atoms with van der Waals surface area (Å²) in [7, 11) is 3.04. The predicted molar refractivity (Wildman–Crippen MR) is 113 cm³/mol. The van der Waals surface area contributed by atoms with E-state index in [4.69, 9.17) is 14.0 Å². The van der Waals surface area contributed by atoms with Gasteiger partial charge in [0.15, 0.2) is 5.82 Å². The zero-order valence-electron chi connectivity index (χ0n) is 18.2. The number of hydrogen-bond donors (Lipinski definition) is 1. The largest absolute Gasteiger partial charge is 0.497 e. The Morgan fingerprint density at radius 3 is 2.17 bits per heavy atom. The van der Waals surface area contributed by atoms with Crippen LogP contribution in [0.3, 0.4) is 0 Å². The molecule has 1 aromatic carbocycles. The molecule has 0 aliphatic rings. The van der Waals surface area contributed by atoms with Gasteiger partial charge in [-0.3, -0.25) is 9.59 Å². The second-order valence-electron chi connectivity index (χ2n) is 6.73. The molecule has 9 heteroatoms. The number of rotatable bonds is 11. The number of methoxy groups -OCH3 is 2. The first-order chi connectivity index (χ1) is 14.4. The summed E-state index contributed by atoms with van der Waals surface area (Å²) in [6.45, 7) is 8.49. The van der Waals surface area contributed by atoms with E-state index in [1.807, 2.05) is 0 Å². The Hall–Kier alpha value is -3.07. The number of nitrogens with one attached hydrogen (secondary N) is 1. The molecule has 164 valence electrons. The summed E-state index contributed by atoms with van der Waals surface area (Å²) >= 11 is 0. The van der Waals surface area contributed by atoms with Crippen molar-refractivity contribution >= 4 is 17.6 Å². The van der Waals surface area contributed by atoms with Crippen LogP contribution in [0.1, 0.15) is 30.0 Å². The van der Waals surface area contributed by atoms with Crippen molar-refractivity contribution in [3.8, 4) is 11.5 Å². The molecule has 0 atom stereocenters. The molecular formula is C21H30N4O5. The lowest BCUT2D eigenvalue weighted by molar-refractivity contribution is -0.117. The molecule has 0 spiro atoms. The van der Waals surface area contributed by atoms with Crippen molar-refractivity contribution in [3.05, 3.63) is 35.6 Å². The summed E-state index contributed by atoms with van der Waals surface area (Å²) in [6.07, 6.45) is 0. The van der Waals surface area contributed by atoms with Crippen LogP contribution < -0.4 is 14.8 Å². The molecule has 0 saturated heterocycles. The van der Waals surface area contributed by atoms with E-state index in [0.29, 0.717) is 41.7 Å². The van der Waals surface area contributed by atoms with Gasteiger partial charge in [0, 0.05) is 30.8 Å². The molecule has 0 aliphatic heterocycles. The van der Waals surface area contributed by atoms with E-state index >= 15 is 0 Å². The third-order valence-electron chi connectivity index (χ3n) is 4.70. The topological polar surface area (TPSA) is 97.1 Å². The van der Waals surface area contributed by atoms with Gasteiger partial charge in [-0.2, -0.15) is 0 Å². The number of hydrogen-bond acceptors (Lipinski definition) is 7.